The zero-order valence-electron chi connectivity index (χ0n) is 5.87. The summed E-state index contributed by atoms with van der Waals surface area (Å²) in [6.07, 6.45) is 1.34. The third kappa shape index (κ3) is 1.25. The molecule has 0 saturated heterocycles. The molecule has 1 aliphatic carbocycles. The van der Waals surface area contributed by atoms with E-state index in [-0.39, 0.29) is 5.69 Å². The van der Waals surface area contributed by atoms with Crippen LogP contribution in [0.4, 0.5) is 8.78 Å². The minimum Gasteiger partial charge on any atom is -0.269 e. The van der Waals surface area contributed by atoms with Crippen LogP contribution in [0.2, 0.25) is 0 Å². The van der Waals surface area contributed by atoms with E-state index in [1.54, 1.807) is 10.9 Å². The van der Waals surface area contributed by atoms with Crippen LogP contribution in [0, 0.1) is 0 Å². The highest BCUT2D eigenvalue weighted by molar-refractivity contribution is 5.02. The Balaban J connectivity index is 2.18. The molecule has 11 heavy (non-hydrogen) atoms. The topological polar surface area (TPSA) is 17.8 Å². The highest BCUT2D eigenvalue weighted by atomic mass is 19.3. The van der Waals surface area contributed by atoms with Crippen molar-refractivity contribution in [3.05, 3.63) is 18.0 Å². The van der Waals surface area contributed by atoms with Crippen molar-refractivity contribution in [2.75, 3.05) is 0 Å². The summed E-state index contributed by atoms with van der Waals surface area (Å²) in [5.74, 6) is 0. The van der Waals surface area contributed by atoms with Crippen molar-refractivity contribution in [1.82, 2.24) is 9.78 Å². The zero-order valence-corrected chi connectivity index (χ0v) is 5.87. The third-order valence-corrected chi connectivity index (χ3v) is 1.77. The maximum Gasteiger partial charge on any atom is 0.282 e. The number of nitrogens with zero attached hydrogens (tertiary/aromatic N) is 2. The van der Waals surface area contributed by atoms with Gasteiger partial charge in [0, 0.05) is 6.20 Å². The summed E-state index contributed by atoms with van der Waals surface area (Å²) in [5.41, 5.74) is -0.114. The molecule has 1 aromatic heterocycles. The molecule has 0 unspecified atom stereocenters. The lowest BCUT2D eigenvalue weighted by Gasteiger charge is -1.94. The van der Waals surface area contributed by atoms with Crippen LogP contribution in [0.5, 0.6) is 0 Å². The third-order valence-electron chi connectivity index (χ3n) is 1.77. The van der Waals surface area contributed by atoms with Gasteiger partial charge in [0.2, 0.25) is 0 Å². The molecule has 0 aromatic carbocycles. The minimum atomic E-state index is -2.44. The van der Waals surface area contributed by atoms with E-state index >= 15 is 0 Å². The molecule has 2 rings (SSSR count). The number of halogens is 2. The number of aromatic nitrogens is 2. The molecular formula is C7H8F2N2. The lowest BCUT2D eigenvalue weighted by Crippen LogP contribution is -1.95. The first-order valence-corrected chi connectivity index (χ1v) is 3.60. The van der Waals surface area contributed by atoms with E-state index in [0.29, 0.717) is 6.04 Å². The van der Waals surface area contributed by atoms with Crippen molar-refractivity contribution < 1.29 is 8.78 Å². The van der Waals surface area contributed by atoms with Crippen molar-refractivity contribution in [3.63, 3.8) is 0 Å². The standard InChI is InChI=1S/C7H8F2N2/c8-7(9)6-3-4-11(10-6)5-1-2-5/h3-5,7H,1-2H2. The fraction of sp³-hybridized carbons (Fsp3) is 0.571. The summed E-state index contributed by atoms with van der Waals surface area (Å²) in [6, 6.07) is 1.77. The predicted octanol–water partition coefficient (Wildman–Crippen LogP) is 2.16. The first kappa shape index (κ1) is 6.76. The van der Waals surface area contributed by atoms with Crippen molar-refractivity contribution in [2.24, 2.45) is 0 Å². The Kier molecular flexibility index (Phi) is 1.41. The molecule has 0 spiro atoms. The number of rotatable bonds is 2. The quantitative estimate of drug-likeness (QED) is 0.644. The van der Waals surface area contributed by atoms with Gasteiger partial charge < -0.3 is 0 Å². The lowest BCUT2D eigenvalue weighted by atomic mass is 10.5. The maximum absolute atomic E-state index is 12.0. The Morgan fingerprint density at radius 3 is 2.73 bits per heavy atom. The van der Waals surface area contributed by atoms with Gasteiger partial charge in [-0.15, -0.1) is 0 Å². The van der Waals surface area contributed by atoms with E-state index in [4.69, 9.17) is 0 Å². The molecule has 60 valence electrons. The highest BCUT2D eigenvalue weighted by Crippen LogP contribution is 2.34. The van der Waals surface area contributed by atoms with Gasteiger partial charge in [0.1, 0.15) is 5.69 Å². The number of hydrogen-bond acceptors (Lipinski definition) is 1. The van der Waals surface area contributed by atoms with Gasteiger partial charge in [-0.25, -0.2) is 8.78 Å². The van der Waals surface area contributed by atoms with Crippen LogP contribution in [0.25, 0.3) is 0 Å². The molecule has 0 bridgehead atoms. The molecule has 1 aliphatic rings. The lowest BCUT2D eigenvalue weighted by molar-refractivity contribution is 0.145. The Labute approximate surface area is 62.8 Å². The first-order chi connectivity index (χ1) is 5.27. The predicted molar refractivity (Wildman–Crippen MR) is 35.5 cm³/mol. The van der Waals surface area contributed by atoms with E-state index in [9.17, 15) is 8.78 Å². The number of hydrogen-bond donors (Lipinski definition) is 0. The van der Waals surface area contributed by atoms with Crippen molar-refractivity contribution in [1.29, 1.82) is 0 Å². The fourth-order valence-electron chi connectivity index (χ4n) is 1.01. The molecule has 0 amide bonds. The first-order valence-electron chi connectivity index (χ1n) is 3.60. The molecule has 0 atom stereocenters. The average Bonchev–Trinajstić information content (AvgIpc) is 2.68. The van der Waals surface area contributed by atoms with Gasteiger partial charge in [-0.1, -0.05) is 0 Å². The van der Waals surface area contributed by atoms with Gasteiger partial charge in [-0.05, 0) is 18.9 Å². The van der Waals surface area contributed by atoms with Gasteiger partial charge >= 0.3 is 0 Å². The largest absolute Gasteiger partial charge is 0.282 e. The van der Waals surface area contributed by atoms with Gasteiger partial charge in [-0.2, -0.15) is 5.10 Å². The molecule has 2 nitrogen and oxygen atoms in total. The molecule has 0 N–H and O–H groups in total. The van der Waals surface area contributed by atoms with E-state index in [0.717, 1.165) is 12.8 Å². The van der Waals surface area contributed by atoms with E-state index in [1.807, 2.05) is 0 Å². The molecule has 1 heterocycles. The summed E-state index contributed by atoms with van der Waals surface area (Å²) in [7, 11) is 0. The van der Waals surface area contributed by atoms with E-state index in [2.05, 4.69) is 5.10 Å². The molecule has 1 aromatic rings. The number of alkyl halides is 2. The van der Waals surface area contributed by atoms with Gasteiger partial charge in [0.05, 0.1) is 6.04 Å². The normalized spacial score (nSPS) is 17.7. The van der Waals surface area contributed by atoms with Crippen molar-refractivity contribution in [3.8, 4) is 0 Å². The Morgan fingerprint density at radius 2 is 2.27 bits per heavy atom. The summed E-state index contributed by atoms with van der Waals surface area (Å²) in [4.78, 5) is 0. The van der Waals surface area contributed by atoms with Gasteiger partial charge in [0.15, 0.2) is 0 Å². The van der Waals surface area contributed by atoms with Crippen molar-refractivity contribution in [2.45, 2.75) is 25.3 Å². The zero-order chi connectivity index (χ0) is 7.84. The Hall–Kier alpha value is -0.930. The minimum absolute atomic E-state index is 0.114. The van der Waals surface area contributed by atoms with Gasteiger partial charge in [-0.3, -0.25) is 4.68 Å². The summed E-state index contributed by atoms with van der Waals surface area (Å²) < 4.78 is 25.6. The van der Waals surface area contributed by atoms with Crippen LogP contribution in [0.15, 0.2) is 12.3 Å². The van der Waals surface area contributed by atoms with E-state index < -0.39 is 6.43 Å². The van der Waals surface area contributed by atoms with Crippen molar-refractivity contribution >= 4 is 0 Å². The second kappa shape index (κ2) is 2.29. The van der Waals surface area contributed by atoms with Crippen LogP contribution in [-0.4, -0.2) is 9.78 Å². The Bertz CT molecular complexity index is 236. The SMILES string of the molecule is FC(F)c1ccn(C2CC2)n1. The van der Waals surface area contributed by atoms with Crippen LogP contribution in [0.3, 0.4) is 0 Å². The second-order valence-corrected chi connectivity index (χ2v) is 2.75. The summed E-state index contributed by atoms with van der Waals surface area (Å²) in [5, 5.41) is 3.74. The molecular weight excluding hydrogens is 150 g/mol. The molecule has 1 saturated carbocycles. The maximum atomic E-state index is 12.0. The van der Waals surface area contributed by atoms with Crippen LogP contribution in [-0.2, 0) is 0 Å². The Morgan fingerprint density at radius 1 is 1.55 bits per heavy atom. The molecule has 1 fully saturated rings. The molecule has 4 heteroatoms. The molecule has 0 radical (unpaired) electrons. The monoisotopic (exact) mass is 158 g/mol. The smallest absolute Gasteiger partial charge is 0.269 e. The molecule has 0 aliphatic heterocycles. The van der Waals surface area contributed by atoms with Gasteiger partial charge in [0.25, 0.3) is 6.43 Å². The van der Waals surface area contributed by atoms with E-state index in [1.165, 1.54) is 6.07 Å². The highest BCUT2D eigenvalue weighted by Gasteiger charge is 2.25. The average molecular weight is 158 g/mol. The van der Waals surface area contributed by atoms with Crippen LogP contribution < -0.4 is 0 Å². The van der Waals surface area contributed by atoms with Crippen LogP contribution in [0.1, 0.15) is 31.0 Å². The second-order valence-electron chi connectivity index (χ2n) is 2.75. The summed E-state index contributed by atoms with van der Waals surface area (Å²) in [6.45, 7) is 0. The van der Waals surface area contributed by atoms with Crippen LogP contribution >= 0.6 is 0 Å². The summed E-state index contributed by atoms with van der Waals surface area (Å²) >= 11 is 0. The fourth-order valence-corrected chi connectivity index (χ4v) is 1.01.